The Morgan fingerprint density at radius 1 is 1.12 bits per heavy atom. The Morgan fingerprint density at radius 3 is 2.59 bits per heavy atom. The van der Waals surface area contributed by atoms with Crippen molar-refractivity contribution >= 4 is 21.8 Å². The maximum absolute atomic E-state index is 13.3. The molecule has 4 rings (SSSR count). The topological polar surface area (TPSA) is 77.3 Å². The Bertz CT molecular complexity index is 1190. The molecule has 3 aromatic rings. The number of rotatable bonds is 8. The number of halogens is 1. The number of thioether (sulfide) groups is 1. The summed E-state index contributed by atoms with van der Waals surface area (Å²) in [5, 5.41) is 9.32. The van der Waals surface area contributed by atoms with Crippen LogP contribution in [0.2, 0.25) is 0 Å². The van der Waals surface area contributed by atoms with Gasteiger partial charge in [0.2, 0.25) is 10.0 Å². The molecule has 2 aromatic carbocycles. The van der Waals surface area contributed by atoms with E-state index in [9.17, 15) is 12.8 Å². The van der Waals surface area contributed by atoms with Crippen LogP contribution in [0.15, 0.2) is 71.2 Å². The van der Waals surface area contributed by atoms with Crippen LogP contribution >= 0.6 is 11.8 Å². The van der Waals surface area contributed by atoms with Crippen molar-refractivity contribution in [2.45, 2.75) is 16.6 Å². The Hall–Kier alpha value is -2.53. The summed E-state index contributed by atoms with van der Waals surface area (Å²) in [6, 6.07) is 13.0. The van der Waals surface area contributed by atoms with Gasteiger partial charge in [0, 0.05) is 24.4 Å². The number of nitrogens with zero attached hydrogens (tertiary/aromatic N) is 4. The molecule has 0 unspecified atom stereocenters. The Balaban J connectivity index is 1.71. The smallest absolute Gasteiger partial charge is 0.243 e. The molecular weight excluding hydrogens is 451 g/mol. The summed E-state index contributed by atoms with van der Waals surface area (Å²) in [5.41, 5.74) is 1.52. The number of aromatic nitrogens is 3. The van der Waals surface area contributed by atoms with Gasteiger partial charge in [-0.3, -0.25) is 4.57 Å². The molecule has 0 bridgehead atoms. The lowest BCUT2D eigenvalue weighted by Crippen LogP contribution is -2.40. The van der Waals surface area contributed by atoms with E-state index >= 15 is 0 Å². The second-order valence-corrected chi connectivity index (χ2v) is 10.1. The molecule has 1 aromatic heterocycles. The molecule has 1 aliphatic heterocycles. The van der Waals surface area contributed by atoms with Crippen LogP contribution in [-0.4, -0.2) is 59.5 Å². The average molecular weight is 475 g/mol. The zero-order valence-corrected chi connectivity index (χ0v) is 19.0. The maximum Gasteiger partial charge on any atom is 0.243 e. The van der Waals surface area contributed by atoms with Crippen molar-refractivity contribution in [3.05, 3.63) is 72.6 Å². The first-order valence-corrected chi connectivity index (χ1v) is 12.5. The van der Waals surface area contributed by atoms with Gasteiger partial charge in [0.1, 0.15) is 5.82 Å². The molecule has 0 aliphatic carbocycles. The minimum absolute atomic E-state index is 0.202. The predicted octanol–water partition coefficient (Wildman–Crippen LogP) is 3.43. The van der Waals surface area contributed by atoms with E-state index in [0.717, 1.165) is 5.56 Å². The Morgan fingerprint density at radius 2 is 1.88 bits per heavy atom. The third-order valence-electron chi connectivity index (χ3n) is 5.00. The van der Waals surface area contributed by atoms with Gasteiger partial charge in [-0.25, -0.2) is 12.8 Å². The standard InChI is InChI=1S/C22H23FN4O3S2/c1-2-14-31-22-25-24-21(27(22)16-17-6-8-19(23)9-7-17)18-4-3-5-20(15-18)32(28,29)26-10-12-30-13-11-26/h2-9,15H,1,10-14,16H2. The van der Waals surface area contributed by atoms with Gasteiger partial charge in [-0.2, -0.15) is 4.31 Å². The van der Waals surface area contributed by atoms with Crippen LogP contribution < -0.4 is 0 Å². The summed E-state index contributed by atoms with van der Waals surface area (Å²) in [5.74, 6) is 0.882. The molecule has 1 saturated heterocycles. The molecule has 1 aliphatic rings. The summed E-state index contributed by atoms with van der Waals surface area (Å²) in [6.07, 6.45) is 1.77. The third kappa shape index (κ3) is 4.93. The molecule has 0 saturated carbocycles. The van der Waals surface area contributed by atoms with Gasteiger partial charge in [0.05, 0.1) is 24.7 Å². The van der Waals surface area contributed by atoms with Crippen molar-refractivity contribution in [3.8, 4) is 11.4 Å². The molecule has 0 radical (unpaired) electrons. The summed E-state index contributed by atoms with van der Waals surface area (Å²) in [6.45, 7) is 5.59. The quantitative estimate of drug-likeness (QED) is 0.368. The third-order valence-corrected chi connectivity index (χ3v) is 7.86. The molecule has 0 N–H and O–H groups in total. The van der Waals surface area contributed by atoms with E-state index in [4.69, 9.17) is 4.74 Å². The first kappa shape index (κ1) is 22.7. The van der Waals surface area contributed by atoms with Crippen LogP contribution in [-0.2, 0) is 21.3 Å². The van der Waals surface area contributed by atoms with Crippen molar-refractivity contribution < 1.29 is 17.5 Å². The van der Waals surface area contributed by atoms with Gasteiger partial charge < -0.3 is 4.74 Å². The van der Waals surface area contributed by atoms with Gasteiger partial charge in [0.15, 0.2) is 11.0 Å². The predicted molar refractivity (Wildman–Crippen MR) is 121 cm³/mol. The van der Waals surface area contributed by atoms with E-state index in [-0.39, 0.29) is 10.7 Å². The molecule has 2 heterocycles. The van der Waals surface area contributed by atoms with E-state index in [2.05, 4.69) is 16.8 Å². The number of hydrogen-bond acceptors (Lipinski definition) is 6. The fourth-order valence-corrected chi connectivity index (χ4v) is 5.52. The molecular formula is C22H23FN4O3S2. The second-order valence-electron chi connectivity index (χ2n) is 7.16. The van der Waals surface area contributed by atoms with Crippen LogP contribution in [0.25, 0.3) is 11.4 Å². The van der Waals surface area contributed by atoms with Crippen molar-refractivity contribution in [1.29, 1.82) is 0 Å². The summed E-state index contributed by atoms with van der Waals surface area (Å²) < 4.78 is 48.2. The van der Waals surface area contributed by atoms with Crippen molar-refractivity contribution in [3.63, 3.8) is 0 Å². The number of morpholine rings is 1. The van der Waals surface area contributed by atoms with Crippen LogP contribution in [0.1, 0.15) is 5.56 Å². The maximum atomic E-state index is 13.3. The van der Waals surface area contributed by atoms with Crippen LogP contribution in [0, 0.1) is 5.82 Å². The van der Waals surface area contributed by atoms with Gasteiger partial charge in [-0.05, 0) is 29.8 Å². The minimum atomic E-state index is -3.64. The van der Waals surface area contributed by atoms with Crippen LogP contribution in [0.3, 0.4) is 0 Å². The fraction of sp³-hybridized carbons (Fsp3) is 0.273. The average Bonchev–Trinajstić information content (AvgIpc) is 3.22. The normalized spacial score (nSPS) is 15.0. The van der Waals surface area contributed by atoms with Gasteiger partial charge >= 0.3 is 0 Å². The van der Waals surface area contributed by atoms with E-state index in [1.807, 2.05) is 10.6 Å². The summed E-state index contributed by atoms with van der Waals surface area (Å²) >= 11 is 1.47. The lowest BCUT2D eigenvalue weighted by Gasteiger charge is -2.26. The van der Waals surface area contributed by atoms with Crippen LogP contribution in [0.5, 0.6) is 0 Å². The lowest BCUT2D eigenvalue weighted by atomic mass is 10.2. The monoisotopic (exact) mass is 474 g/mol. The van der Waals surface area contributed by atoms with E-state index in [1.165, 1.54) is 28.2 Å². The molecule has 0 spiro atoms. The SMILES string of the molecule is C=CCSc1nnc(-c2cccc(S(=O)(=O)N3CCOCC3)c2)n1Cc1ccc(F)cc1. The number of hydrogen-bond donors (Lipinski definition) is 0. The van der Waals surface area contributed by atoms with Crippen molar-refractivity contribution in [1.82, 2.24) is 19.1 Å². The molecule has 0 atom stereocenters. The summed E-state index contributed by atoms with van der Waals surface area (Å²) in [7, 11) is -3.64. The van der Waals surface area contributed by atoms with E-state index < -0.39 is 10.0 Å². The Kier molecular flexibility index (Phi) is 7.04. The van der Waals surface area contributed by atoms with Crippen LogP contribution in [0.4, 0.5) is 4.39 Å². The first-order valence-electron chi connectivity index (χ1n) is 10.1. The molecule has 168 valence electrons. The zero-order valence-electron chi connectivity index (χ0n) is 17.4. The molecule has 0 amide bonds. The van der Waals surface area contributed by atoms with E-state index in [1.54, 1.807) is 36.4 Å². The molecule has 32 heavy (non-hydrogen) atoms. The van der Waals surface area contributed by atoms with Gasteiger partial charge in [0.25, 0.3) is 0 Å². The fourth-order valence-electron chi connectivity index (χ4n) is 3.39. The van der Waals surface area contributed by atoms with Gasteiger partial charge in [-0.1, -0.05) is 42.1 Å². The largest absolute Gasteiger partial charge is 0.379 e. The van der Waals surface area contributed by atoms with Crippen molar-refractivity contribution in [2.24, 2.45) is 0 Å². The van der Waals surface area contributed by atoms with Gasteiger partial charge in [-0.15, -0.1) is 16.8 Å². The lowest BCUT2D eigenvalue weighted by molar-refractivity contribution is 0.0730. The number of benzene rings is 2. The molecule has 7 nitrogen and oxygen atoms in total. The number of sulfonamides is 1. The zero-order chi connectivity index (χ0) is 22.6. The minimum Gasteiger partial charge on any atom is -0.379 e. The highest BCUT2D eigenvalue weighted by molar-refractivity contribution is 7.99. The highest BCUT2D eigenvalue weighted by Crippen LogP contribution is 2.28. The Labute approximate surface area is 191 Å². The highest BCUT2D eigenvalue weighted by atomic mass is 32.2. The molecule has 1 fully saturated rings. The number of ether oxygens (including phenoxy) is 1. The first-order chi connectivity index (χ1) is 15.5. The van der Waals surface area contributed by atoms with Crippen molar-refractivity contribution in [2.75, 3.05) is 32.1 Å². The summed E-state index contributed by atoms with van der Waals surface area (Å²) in [4.78, 5) is 0.202. The highest BCUT2D eigenvalue weighted by Gasteiger charge is 2.27. The second kappa shape index (κ2) is 9.95. The molecule has 10 heteroatoms. The van der Waals surface area contributed by atoms with E-state index in [0.29, 0.717) is 55.1 Å².